The molecule has 0 saturated carbocycles. The smallest absolute Gasteiger partial charge is 0.303 e. The first-order chi connectivity index (χ1) is 6.29. The molecular formula is C10H15NO2. The maximum absolute atomic E-state index is 10.2. The van der Waals surface area contributed by atoms with Gasteiger partial charge in [0.2, 0.25) is 0 Å². The summed E-state index contributed by atoms with van der Waals surface area (Å²) in [5.74, 6) is -0.691. The summed E-state index contributed by atoms with van der Waals surface area (Å²) in [5, 5.41) is 8.39. The number of hydrogen-bond donors (Lipinski definition) is 1. The monoisotopic (exact) mass is 181 g/mol. The Bertz CT molecular complexity index is 231. The van der Waals surface area contributed by atoms with Crippen molar-refractivity contribution in [3.8, 4) is 0 Å². The number of carboxylic acids is 1. The van der Waals surface area contributed by atoms with Gasteiger partial charge in [0.25, 0.3) is 0 Å². The number of allylic oxidation sites excluding steroid dienone is 1. The fourth-order valence-corrected chi connectivity index (χ4v) is 1.35. The fraction of sp³-hybridized carbons (Fsp3) is 0.600. The van der Waals surface area contributed by atoms with Gasteiger partial charge in [-0.3, -0.25) is 9.79 Å². The Labute approximate surface area is 78.2 Å². The summed E-state index contributed by atoms with van der Waals surface area (Å²) in [6.45, 7) is 0. The van der Waals surface area contributed by atoms with Gasteiger partial charge in [-0.25, -0.2) is 0 Å². The highest BCUT2D eigenvalue weighted by atomic mass is 16.4. The molecule has 72 valence electrons. The van der Waals surface area contributed by atoms with Crippen LogP contribution in [-0.2, 0) is 4.79 Å². The van der Waals surface area contributed by atoms with E-state index in [0.29, 0.717) is 6.42 Å². The first-order valence-electron chi connectivity index (χ1n) is 4.70. The van der Waals surface area contributed by atoms with Crippen LogP contribution in [-0.4, -0.2) is 17.3 Å². The number of carboxylic acid groups (broad SMARTS) is 1. The van der Waals surface area contributed by atoms with Crippen molar-refractivity contribution in [1.29, 1.82) is 0 Å². The Kier molecular flexibility index (Phi) is 4.23. The van der Waals surface area contributed by atoms with E-state index in [1.54, 1.807) is 0 Å². The van der Waals surface area contributed by atoms with Crippen molar-refractivity contribution >= 4 is 12.2 Å². The molecule has 0 aromatic heterocycles. The van der Waals surface area contributed by atoms with Crippen LogP contribution >= 0.6 is 0 Å². The van der Waals surface area contributed by atoms with Crippen molar-refractivity contribution in [2.75, 3.05) is 0 Å². The molecule has 13 heavy (non-hydrogen) atoms. The molecule has 0 fully saturated rings. The normalized spacial score (nSPS) is 14.6. The van der Waals surface area contributed by atoms with Gasteiger partial charge in [-0.2, -0.15) is 0 Å². The molecule has 0 aliphatic carbocycles. The largest absolute Gasteiger partial charge is 0.481 e. The molecule has 3 nitrogen and oxygen atoms in total. The molecule has 0 aromatic carbocycles. The Morgan fingerprint density at radius 3 is 2.92 bits per heavy atom. The number of aliphatic carboxylic acids is 1. The second kappa shape index (κ2) is 5.51. The third-order valence-corrected chi connectivity index (χ3v) is 2.10. The molecule has 1 aliphatic rings. The quantitative estimate of drug-likeness (QED) is 0.639. The number of unbranched alkanes of at least 4 members (excludes halogenated alkanes) is 2. The minimum absolute atomic E-state index is 0.301. The number of aliphatic imine (C=N–C) groups is 1. The molecule has 0 aromatic rings. The Morgan fingerprint density at radius 1 is 1.46 bits per heavy atom. The van der Waals surface area contributed by atoms with E-state index in [1.165, 1.54) is 5.57 Å². The molecule has 0 amide bonds. The van der Waals surface area contributed by atoms with E-state index >= 15 is 0 Å². The van der Waals surface area contributed by atoms with Gasteiger partial charge in [-0.05, 0) is 24.8 Å². The van der Waals surface area contributed by atoms with Gasteiger partial charge in [-0.15, -0.1) is 0 Å². The lowest BCUT2D eigenvalue weighted by molar-refractivity contribution is -0.137. The summed E-state index contributed by atoms with van der Waals surface area (Å²) < 4.78 is 0. The van der Waals surface area contributed by atoms with Crippen LogP contribution in [0.5, 0.6) is 0 Å². The zero-order chi connectivity index (χ0) is 9.52. The Hall–Kier alpha value is -1.12. The van der Waals surface area contributed by atoms with Gasteiger partial charge >= 0.3 is 5.97 Å². The third kappa shape index (κ3) is 4.45. The SMILES string of the molecule is O=C(O)CCCCCC1=CN=CC1. The lowest BCUT2D eigenvalue weighted by Gasteiger charge is -1.99. The fourth-order valence-electron chi connectivity index (χ4n) is 1.35. The maximum atomic E-state index is 10.2. The first-order valence-corrected chi connectivity index (χ1v) is 4.70. The highest BCUT2D eigenvalue weighted by Gasteiger charge is 2.01. The van der Waals surface area contributed by atoms with E-state index in [9.17, 15) is 4.79 Å². The molecule has 1 aliphatic heterocycles. The van der Waals surface area contributed by atoms with Gasteiger partial charge in [-0.1, -0.05) is 6.42 Å². The highest BCUT2D eigenvalue weighted by molar-refractivity contribution is 5.66. The van der Waals surface area contributed by atoms with E-state index in [0.717, 1.165) is 32.1 Å². The van der Waals surface area contributed by atoms with E-state index in [2.05, 4.69) is 4.99 Å². The lowest BCUT2D eigenvalue weighted by atomic mass is 10.1. The number of hydrogen-bond acceptors (Lipinski definition) is 2. The summed E-state index contributed by atoms with van der Waals surface area (Å²) in [6.07, 6.45) is 9.06. The Morgan fingerprint density at radius 2 is 2.31 bits per heavy atom. The van der Waals surface area contributed by atoms with E-state index in [4.69, 9.17) is 5.11 Å². The molecule has 3 heteroatoms. The molecule has 0 atom stereocenters. The Balaban J connectivity index is 1.92. The zero-order valence-corrected chi connectivity index (χ0v) is 7.70. The predicted octanol–water partition coefficient (Wildman–Crippen LogP) is 2.38. The number of nitrogens with zero attached hydrogens (tertiary/aromatic N) is 1. The molecule has 0 radical (unpaired) electrons. The molecule has 0 unspecified atom stereocenters. The van der Waals surface area contributed by atoms with Crippen molar-refractivity contribution in [3.63, 3.8) is 0 Å². The summed E-state index contributed by atoms with van der Waals surface area (Å²) in [4.78, 5) is 14.2. The first kappa shape index (κ1) is 9.96. The van der Waals surface area contributed by atoms with Crippen LogP contribution in [0.15, 0.2) is 16.8 Å². The minimum atomic E-state index is -0.691. The average Bonchev–Trinajstić information content (AvgIpc) is 2.55. The lowest BCUT2D eigenvalue weighted by Crippen LogP contribution is -1.93. The average molecular weight is 181 g/mol. The second-order valence-corrected chi connectivity index (χ2v) is 3.28. The van der Waals surface area contributed by atoms with E-state index in [1.807, 2.05) is 12.4 Å². The number of rotatable bonds is 6. The molecule has 1 heterocycles. The van der Waals surface area contributed by atoms with Crippen LogP contribution in [0.3, 0.4) is 0 Å². The third-order valence-electron chi connectivity index (χ3n) is 2.10. The van der Waals surface area contributed by atoms with Crippen LogP contribution in [0, 0.1) is 0 Å². The minimum Gasteiger partial charge on any atom is -0.481 e. The van der Waals surface area contributed by atoms with Gasteiger partial charge in [0.15, 0.2) is 0 Å². The van der Waals surface area contributed by atoms with E-state index < -0.39 is 5.97 Å². The number of carbonyl (C=O) groups is 1. The van der Waals surface area contributed by atoms with Crippen molar-refractivity contribution in [3.05, 3.63) is 11.8 Å². The van der Waals surface area contributed by atoms with Crippen LogP contribution in [0.4, 0.5) is 0 Å². The summed E-state index contributed by atoms with van der Waals surface area (Å²) >= 11 is 0. The standard InChI is InChI=1S/C10H15NO2/c12-10(13)5-3-1-2-4-9-6-7-11-8-9/h7-8H,1-6H2,(H,12,13). The van der Waals surface area contributed by atoms with Crippen molar-refractivity contribution in [1.82, 2.24) is 0 Å². The second-order valence-electron chi connectivity index (χ2n) is 3.28. The van der Waals surface area contributed by atoms with Gasteiger partial charge in [0.05, 0.1) is 0 Å². The maximum Gasteiger partial charge on any atom is 0.303 e. The summed E-state index contributed by atoms with van der Waals surface area (Å²) in [7, 11) is 0. The predicted molar refractivity (Wildman–Crippen MR) is 51.9 cm³/mol. The van der Waals surface area contributed by atoms with Crippen LogP contribution < -0.4 is 0 Å². The van der Waals surface area contributed by atoms with Crippen LogP contribution in [0.1, 0.15) is 38.5 Å². The van der Waals surface area contributed by atoms with Crippen molar-refractivity contribution in [2.45, 2.75) is 38.5 Å². The van der Waals surface area contributed by atoms with Gasteiger partial charge in [0, 0.05) is 25.3 Å². The molecule has 0 saturated heterocycles. The molecule has 0 bridgehead atoms. The van der Waals surface area contributed by atoms with Crippen LogP contribution in [0.2, 0.25) is 0 Å². The highest BCUT2D eigenvalue weighted by Crippen LogP contribution is 2.15. The van der Waals surface area contributed by atoms with Crippen molar-refractivity contribution in [2.24, 2.45) is 4.99 Å². The molecule has 0 spiro atoms. The topological polar surface area (TPSA) is 49.7 Å². The van der Waals surface area contributed by atoms with Gasteiger partial charge in [0.1, 0.15) is 0 Å². The molecular weight excluding hydrogens is 166 g/mol. The molecule has 1 rings (SSSR count). The van der Waals surface area contributed by atoms with Crippen LogP contribution in [0.25, 0.3) is 0 Å². The zero-order valence-electron chi connectivity index (χ0n) is 7.70. The summed E-state index contributed by atoms with van der Waals surface area (Å²) in [6, 6.07) is 0. The summed E-state index contributed by atoms with van der Waals surface area (Å²) in [5.41, 5.74) is 1.37. The van der Waals surface area contributed by atoms with E-state index in [-0.39, 0.29) is 0 Å². The van der Waals surface area contributed by atoms with Gasteiger partial charge < -0.3 is 5.11 Å². The van der Waals surface area contributed by atoms with Crippen molar-refractivity contribution < 1.29 is 9.90 Å². The molecule has 1 N–H and O–H groups in total.